The van der Waals surface area contributed by atoms with Gasteiger partial charge in [-0.25, -0.2) is 0 Å². The molecule has 96 valence electrons. The van der Waals surface area contributed by atoms with E-state index in [1.54, 1.807) is 0 Å². The normalized spacial score (nSPS) is 12.7. The molecule has 0 saturated carbocycles. The second-order valence-electron chi connectivity index (χ2n) is 4.35. The van der Waals surface area contributed by atoms with Gasteiger partial charge in [0.1, 0.15) is 0 Å². The van der Waals surface area contributed by atoms with E-state index in [1.165, 1.54) is 16.8 Å². The Hall–Kier alpha value is -1.13. The Labute approximate surface area is 116 Å². The number of hydrogen-bond acceptors (Lipinski definition) is 2. The van der Waals surface area contributed by atoms with Crippen molar-refractivity contribution in [1.29, 1.82) is 0 Å². The molecule has 0 fully saturated rings. The van der Waals surface area contributed by atoms with Crippen molar-refractivity contribution >= 4 is 15.9 Å². The minimum atomic E-state index is 0.164. The van der Waals surface area contributed by atoms with Gasteiger partial charge in [0.15, 0.2) is 0 Å². The lowest BCUT2D eigenvalue weighted by atomic mass is 10.0. The fourth-order valence-electron chi connectivity index (χ4n) is 2.14. The van der Waals surface area contributed by atoms with Crippen molar-refractivity contribution < 1.29 is 0 Å². The largest absolute Gasteiger partial charge is 0.305 e. The van der Waals surface area contributed by atoms with Crippen molar-refractivity contribution in [3.05, 3.63) is 51.8 Å². The molecule has 18 heavy (non-hydrogen) atoms. The molecule has 0 aliphatic rings. The number of nitrogens with zero attached hydrogens (tertiary/aromatic N) is 2. The molecule has 0 amide bonds. The topological polar surface area (TPSA) is 29.9 Å². The molecular formula is C14H18BrN3. The van der Waals surface area contributed by atoms with E-state index in [0.717, 1.165) is 11.0 Å². The van der Waals surface area contributed by atoms with E-state index in [1.807, 2.05) is 17.9 Å². The maximum Gasteiger partial charge on any atom is 0.0759 e. The van der Waals surface area contributed by atoms with E-state index < -0.39 is 0 Å². The summed E-state index contributed by atoms with van der Waals surface area (Å²) < 4.78 is 3.08. The number of rotatable bonds is 4. The predicted molar refractivity (Wildman–Crippen MR) is 77.6 cm³/mol. The third-order valence-corrected chi connectivity index (χ3v) is 4.18. The summed E-state index contributed by atoms with van der Waals surface area (Å²) in [6, 6.07) is 8.58. The maximum absolute atomic E-state index is 4.26. The molecule has 1 aromatic heterocycles. The summed E-state index contributed by atoms with van der Waals surface area (Å²) in [6.45, 7) is 5.14. The van der Waals surface area contributed by atoms with Gasteiger partial charge in [0.2, 0.25) is 0 Å². The van der Waals surface area contributed by atoms with Crippen LogP contribution in [-0.4, -0.2) is 16.3 Å². The van der Waals surface area contributed by atoms with Crippen molar-refractivity contribution in [2.75, 3.05) is 6.54 Å². The monoisotopic (exact) mass is 307 g/mol. The van der Waals surface area contributed by atoms with E-state index in [4.69, 9.17) is 0 Å². The number of aromatic nitrogens is 2. The second kappa shape index (κ2) is 5.67. The summed E-state index contributed by atoms with van der Waals surface area (Å²) in [4.78, 5) is 0. The van der Waals surface area contributed by atoms with Crippen LogP contribution in [0.4, 0.5) is 0 Å². The number of benzene rings is 1. The van der Waals surface area contributed by atoms with Crippen LogP contribution < -0.4 is 5.32 Å². The quantitative estimate of drug-likeness (QED) is 0.940. The highest BCUT2D eigenvalue weighted by Crippen LogP contribution is 2.30. The summed E-state index contributed by atoms with van der Waals surface area (Å²) >= 11 is 3.69. The van der Waals surface area contributed by atoms with E-state index >= 15 is 0 Å². The lowest BCUT2D eigenvalue weighted by Gasteiger charge is -2.21. The molecule has 1 heterocycles. The van der Waals surface area contributed by atoms with Crippen molar-refractivity contribution in [2.24, 2.45) is 7.05 Å². The highest BCUT2D eigenvalue weighted by molar-refractivity contribution is 9.10. The van der Waals surface area contributed by atoms with Gasteiger partial charge in [-0.05, 0) is 30.7 Å². The van der Waals surface area contributed by atoms with Crippen LogP contribution in [0.3, 0.4) is 0 Å². The molecule has 0 aliphatic carbocycles. The summed E-state index contributed by atoms with van der Waals surface area (Å²) in [7, 11) is 1.98. The van der Waals surface area contributed by atoms with Gasteiger partial charge in [0.25, 0.3) is 0 Å². The Morgan fingerprint density at radius 1 is 1.39 bits per heavy atom. The lowest BCUT2D eigenvalue weighted by molar-refractivity contribution is 0.571. The van der Waals surface area contributed by atoms with Crippen LogP contribution in [0.5, 0.6) is 0 Å². The van der Waals surface area contributed by atoms with Crippen LogP contribution >= 0.6 is 15.9 Å². The number of halogens is 1. The Morgan fingerprint density at radius 3 is 2.78 bits per heavy atom. The Bertz CT molecular complexity index is 534. The van der Waals surface area contributed by atoms with Gasteiger partial charge < -0.3 is 5.32 Å². The van der Waals surface area contributed by atoms with Gasteiger partial charge >= 0.3 is 0 Å². The van der Waals surface area contributed by atoms with Gasteiger partial charge in [0.05, 0.1) is 11.7 Å². The Kier molecular flexibility index (Phi) is 4.19. The number of aryl methyl sites for hydroxylation is 2. The molecule has 1 atom stereocenters. The molecule has 0 saturated heterocycles. The molecule has 0 bridgehead atoms. The van der Waals surface area contributed by atoms with E-state index in [-0.39, 0.29) is 6.04 Å². The molecule has 0 radical (unpaired) electrons. The average Bonchev–Trinajstić information content (AvgIpc) is 2.76. The molecule has 0 aliphatic heterocycles. The van der Waals surface area contributed by atoms with Crippen molar-refractivity contribution in [3.63, 3.8) is 0 Å². The molecule has 2 rings (SSSR count). The van der Waals surface area contributed by atoms with Crippen LogP contribution in [0.1, 0.15) is 29.8 Å². The molecule has 0 spiro atoms. The first-order chi connectivity index (χ1) is 8.65. The number of nitrogens with one attached hydrogen (secondary N) is 1. The molecule has 4 heteroatoms. The zero-order valence-corrected chi connectivity index (χ0v) is 12.5. The van der Waals surface area contributed by atoms with E-state index in [9.17, 15) is 0 Å². The van der Waals surface area contributed by atoms with Crippen molar-refractivity contribution in [2.45, 2.75) is 19.9 Å². The first kappa shape index (κ1) is 13.3. The summed E-state index contributed by atoms with van der Waals surface area (Å²) in [5.74, 6) is 0. The van der Waals surface area contributed by atoms with Gasteiger partial charge in [-0.15, -0.1) is 0 Å². The maximum atomic E-state index is 4.26. The minimum absolute atomic E-state index is 0.164. The minimum Gasteiger partial charge on any atom is -0.305 e. The van der Waals surface area contributed by atoms with Crippen molar-refractivity contribution in [1.82, 2.24) is 15.1 Å². The first-order valence-corrected chi connectivity index (χ1v) is 6.90. The number of hydrogen-bond donors (Lipinski definition) is 1. The molecule has 3 nitrogen and oxygen atoms in total. The molecule has 1 unspecified atom stereocenters. The van der Waals surface area contributed by atoms with Crippen LogP contribution in [0.15, 0.2) is 34.9 Å². The highest BCUT2D eigenvalue weighted by Gasteiger charge is 2.19. The fourth-order valence-corrected chi connectivity index (χ4v) is 2.63. The van der Waals surface area contributed by atoms with E-state index in [2.05, 4.69) is 64.5 Å². The van der Waals surface area contributed by atoms with Gasteiger partial charge in [-0.3, -0.25) is 4.68 Å². The average molecular weight is 308 g/mol. The standard InChI is InChI=1S/C14H18BrN3/c1-4-16-14(12-8-9-17-18(12)3)11-7-5-6-10(2)13(11)15/h5-9,14,16H,4H2,1-3H3. The zero-order chi connectivity index (χ0) is 13.1. The van der Waals surface area contributed by atoms with Crippen LogP contribution in [-0.2, 0) is 7.05 Å². The summed E-state index contributed by atoms with van der Waals surface area (Å²) in [5, 5.41) is 7.78. The Balaban J connectivity index is 2.48. The second-order valence-corrected chi connectivity index (χ2v) is 5.14. The SMILES string of the molecule is CCNC(c1cccc(C)c1Br)c1ccnn1C. The smallest absolute Gasteiger partial charge is 0.0759 e. The zero-order valence-electron chi connectivity index (χ0n) is 10.9. The third-order valence-electron chi connectivity index (χ3n) is 3.10. The van der Waals surface area contributed by atoms with Gasteiger partial charge in [-0.1, -0.05) is 41.1 Å². The fraction of sp³-hybridized carbons (Fsp3) is 0.357. The highest BCUT2D eigenvalue weighted by atomic mass is 79.9. The predicted octanol–water partition coefficient (Wildman–Crippen LogP) is 3.19. The van der Waals surface area contributed by atoms with Crippen LogP contribution in [0, 0.1) is 6.92 Å². The lowest BCUT2D eigenvalue weighted by Crippen LogP contribution is -2.24. The van der Waals surface area contributed by atoms with Gasteiger partial charge in [-0.2, -0.15) is 5.10 Å². The third kappa shape index (κ3) is 2.49. The molecule has 1 aromatic carbocycles. The molecule has 2 aromatic rings. The van der Waals surface area contributed by atoms with E-state index in [0.29, 0.717) is 0 Å². The first-order valence-electron chi connectivity index (χ1n) is 6.11. The van der Waals surface area contributed by atoms with Crippen LogP contribution in [0.25, 0.3) is 0 Å². The Morgan fingerprint density at radius 2 is 2.17 bits per heavy atom. The molecule has 1 N–H and O–H groups in total. The summed E-state index contributed by atoms with van der Waals surface area (Å²) in [6.07, 6.45) is 1.84. The van der Waals surface area contributed by atoms with Gasteiger partial charge in [0, 0.05) is 17.7 Å². The van der Waals surface area contributed by atoms with Crippen LogP contribution in [0.2, 0.25) is 0 Å². The van der Waals surface area contributed by atoms with Crippen molar-refractivity contribution in [3.8, 4) is 0 Å². The summed E-state index contributed by atoms with van der Waals surface area (Å²) in [5.41, 5.74) is 3.67. The molecular weight excluding hydrogens is 290 g/mol.